The molecule has 0 saturated carbocycles. The van der Waals surface area contributed by atoms with Gasteiger partial charge < -0.3 is 9.47 Å². The molecule has 0 N–H and O–H groups in total. The fraction of sp³-hybridized carbons (Fsp3) is 0.100. The fourth-order valence-corrected chi connectivity index (χ4v) is 0.918. The van der Waals surface area contributed by atoms with Crippen molar-refractivity contribution in [3.8, 4) is 17.6 Å². The monoisotopic (exact) mass is 175 g/mol. The summed E-state index contributed by atoms with van der Waals surface area (Å²) in [6, 6.07) is 6.94. The molecule has 0 heterocycles. The van der Waals surface area contributed by atoms with E-state index in [-0.39, 0.29) is 0 Å². The van der Waals surface area contributed by atoms with Crippen molar-refractivity contribution in [1.29, 1.82) is 5.26 Å². The van der Waals surface area contributed by atoms with Crippen LogP contribution in [0.4, 0.5) is 0 Å². The highest BCUT2D eigenvalue weighted by Gasteiger charge is 2.00. The molecular weight excluding hydrogens is 166 g/mol. The summed E-state index contributed by atoms with van der Waals surface area (Å²) in [5.41, 5.74) is 0.496. The summed E-state index contributed by atoms with van der Waals surface area (Å²) in [6.07, 6.45) is 1.30. The van der Waals surface area contributed by atoms with Crippen LogP contribution in [-0.4, -0.2) is 7.11 Å². The zero-order valence-electron chi connectivity index (χ0n) is 7.28. The molecule has 0 amide bonds. The molecular formula is C10H9NO2. The van der Waals surface area contributed by atoms with Crippen molar-refractivity contribution in [2.24, 2.45) is 0 Å². The third-order valence-electron chi connectivity index (χ3n) is 1.46. The highest BCUT2D eigenvalue weighted by Crippen LogP contribution is 2.22. The fourth-order valence-electron chi connectivity index (χ4n) is 0.918. The molecule has 66 valence electrons. The molecule has 1 aromatic carbocycles. The van der Waals surface area contributed by atoms with Crippen LogP contribution in [0.25, 0.3) is 0 Å². The van der Waals surface area contributed by atoms with Crippen LogP contribution in [0.5, 0.6) is 11.5 Å². The lowest BCUT2D eigenvalue weighted by atomic mass is 10.2. The third-order valence-corrected chi connectivity index (χ3v) is 1.46. The van der Waals surface area contributed by atoms with E-state index >= 15 is 0 Å². The smallest absolute Gasteiger partial charge is 0.131 e. The lowest BCUT2D eigenvalue weighted by Crippen LogP contribution is -1.87. The summed E-state index contributed by atoms with van der Waals surface area (Å²) in [4.78, 5) is 0. The van der Waals surface area contributed by atoms with Gasteiger partial charge >= 0.3 is 0 Å². The van der Waals surface area contributed by atoms with E-state index < -0.39 is 0 Å². The Morgan fingerprint density at radius 3 is 2.62 bits per heavy atom. The lowest BCUT2D eigenvalue weighted by molar-refractivity contribution is 0.409. The first kappa shape index (κ1) is 9.14. The summed E-state index contributed by atoms with van der Waals surface area (Å²) in [5, 5.41) is 8.66. The van der Waals surface area contributed by atoms with Gasteiger partial charge in [0.05, 0.1) is 25.0 Å². The number of hydrogen-bond donors (Lipinski definition) is 0. The molecule has 0 aliphatic rings. The van der Waals surface area contributed by atoms with Gasteiger partial charge in [-0.2, -0.15) is 5.26 Å². The summed E-state index contributed by atoms with van der Waals surface area (Å²) in [7, 11) is 1.54. The first-order chi connectivity index (χ1) is 6.30. The molecule has 0 spiro atoms. The molecule has 0 atom stereocenters. The molecule has 0 radical (unpaired) electrons. The van der Waals surface area contributed by atoms with Gasteiger partial charge in [-0.1, -0.05) is 6.58 Å². The minimum Gasteiger partial charge on any atom is -0.497 e. The van der Waals surface area contributed by atoms with Crippen molar-refractivity contribution < 1.29 is 9.47 Å². The van der Waals surface area contributed by atoms with Crippen molar-refractivity contribution in [2.45, 2.75) is 0 Å². The summed E-state index contributed by atoms with van der Waals surface area (Å²) in [5.74, 6) is 1.14. The zero-order chi connectivity index (χ0) is 9.68. The van der Waals surface area contributed by atoms with Crippen LogP contribution in [0.15, 0.2) is 31.0 Å². The number of methoxy groups -OCH3 is 1. The Balaban J connectivity index is 3.08. The maximum absolute atomic E-state index is 8.66. The molecule has 3 heteroatoms. The third kappa shape index (κ3) is 2.24. The van der Waals surface area contributed by atoms with E-state index in [0.29, 0.717) is 17.1 Å². The van der Waals surface area contributed by atoms with E-state index in [1.807, 2.05) is 6.07 Å². The molecule has 0 saturated heterocycles. The van der Waals surface area contributed by atoms with Crippen LogP contribution >= 0.6 is 0 Å². The molecule has 3 nitrogen and oxygen atoms in total. The molecule has 1 aromatic rings. The van der Waals surface area contributed by atoms with E-state index in [1.165, 1.54) is 13.4 Å². The number of rotatable bonds is 3. The topological polar surface area (TPSA) is 42.2 Å². The van der Waals surface area contributed by atoms with Gasteiger partial charge in [-0.15, -0.1) is 0 Å². The van der Waals surface area contributed by atoms with Crippen LogP contribution in [-0.2, 0) is 0 Å². The Labute approximate surface area is 76.8 Å². The van der Waals surface area contributed by atoms with E-state index in [9.17, 15) is 0 Å². The van der Waals surface area contributed by atoms with Crippen LogP contribution in [0.3, 0.4) is 0 Å². The largest absolute Gasteiger partial charge is 0.497 e. The van der Waals surface area contributed by atoms with E-state index in [4.69, 9.17) is 14.7 Å². The molecule has 13 heavy (non-hydrogen) atoms. The predicted octanol–water partition coefficient (Wildman–Crippen LogP) is 2.09. The van der Waals surface area contributed by atoms with Crippen LogP contribution in [0.2, 0.25) is 0 Å². The second-order valence-corrected chi connectivity index (χ2v) is 2.29. The minimum atomic E-state index is 0.496. The predicted molar refractivity (Wildman–Crippen MR) is 48.5 cm³/mol. The minimum absolute atomic E-state index is 0.496. The van der Waals surface area contributed by atoms with E-state index in [2.05, 4.69) is 6.58 Å². The van der Waals surface area contributed by atoms with Gasteiger partial charge in [0.15, 0.2) is 0 Å². The van der Waals surface area contributed by atoms with E-state index in [0.717, 1.165) is 0 Å². The first-order valence-electron chi connectivity index (χ1n) is 3.67. The number of ether oxygens (including phenoxy) is 2. The average molecular weight is 175 g/mol. The zero-order valence-corrected chi connectivity index (χ0v) is 7.28. The number of nitrogens with zero attached hydrogens (tertiary/aromatic N) is 1. The Morgan fingerprint density at radius 2 is 2.08 bits per heavy atom. The quantitative estimate of drug-likeness (QED) is 0.660. The molecule has 1 rings (SSSR count). The van der Waals surface area contributed by atoms with Crippen molar-refractivity contribution in [2.75, 3.05) is 7.11 Å². The van der Waals surface area contributed by atoms with Gasteiger partial charge in [0.1, 0.15) is 11.5 Å². The molecule has 0 aliphatic carbocycles. The molecule has 0 bridgehead atoms. The standard InChI is InChI=1S/C10H9NO2/c1-3-13-10-5-8(7-11)4-9(6-10)12-2/h3-6H,1H2,2H3. The number of nitriles is 1. The van der Waals surface area contributed by atoms with Gasteiger partial charge in [-0.3, -0.25) is 0 Å². The van der Waals surface area contributed by atoms with Crippen LogP contribution < -0.4 is 9.47 Å². The molecule has 0 aliphatic heterocycles. The molecule has 0 unspecified atom stereocenters. The number of benzene rings is 1. The maximum atomic E-state index is 8.66. The Hall–Kier alpha value is -1.95. The van der Waals surface area contributed by atoms with Crippen molar-refractivity contribution in [3.63, 3.8) is 0 Å². The average Bonchev–Trinajstić information content (AvgIpc) is 2.17. The summed E-state index contributed by atoms with van der Waals surface area (Å²) in [6.45, 7) is 3.42. The van der Waals surface area contributed by atoms with Crippen molar-refractivity contribution in [3.05, 3.63) is 36.6 Å². The van der Waals surface area contributed by atoms with Crippen molar-refractivity contribution in [1.82, 2.24) is 0 Å². The number of hydrogen-bond acceptors (Lipinski definition) is 3. The second kappa shape index (κ2) is 4.17. The van der Waals surface area contributed by atoms with Gasteiger partial charge in [0, 0.05) is 6.07 Å². The highest BCUT2D eigenvalue weighted by atomic mass is 16.5. The van der Waals surface area contributed by atoms with Crippen molar-refractivity contribution >= 4 is 0 Å². The Bertz CT molecular complexity index is 352. The molecule has 0 fully saturated rings. The SMILES string of the molecule is C=COc1cc(C#N)cc(OC)c1. The maximum Gasteiger partial charge on any atom is 0.131 e. The van der Waals surface area contributed by atoms with Crippen LogP contribution in [0, 0.1) is 11.3 Å². The van der Waals surface area contributed by atoms with Gasteiger partial charge in [-0.25, -0.2) is 0 Å². The van der Waals surface area contributed by atoms with Gasteiger partial charge in [0.25, 0.3) is 0 Å². The Kier molecular flexibility index (Phi) is 2.93. The Morgan fingerprint density at radius 1 is 1.38 bits per heavy atom. The normalized spacial score (nSPS) is 8.62. The second-order valence-electron chi connectivity index (χ2n) is 2.29. The first-order valence-corrected chi connectivity index (χ1v) is 3.67. The lowest BCUT2D eigenvalue weighted by Gasteiger charge is -2.03. The molecule has 0 aromatic heterocycles. The summed E-state index contributed by atoms with van der Waals surface area (Å²) >= 11 is 0. The van der Waals surface area contributed by atoms with Gasteiger partial charge in [-0.05, 0) is 12.1 Å². The van der Waals surface area contributed by atoms with Gasteiger partial charge in [0.2, 0.25) is 0 Å². The highest BCUT2D eigenvalue weighted by molar-refractivity contribution is 5.44. The van der Waals surface area contributed by atoms with E-state index in [1.54, 1.807) is 18.2 Å². The summed E-state index contributed by atoms with van der Waals surface area (Å²) < 4.78 is 10.0. The van der Waals surface area contributed by atoms with Crippen LogP contribution in [0.1, 0.15) is 5.56 Å².